The average molecular weight is 243 g/mol. The number of amides is 2. The molecule has 0 aromatic heterocycles. The zero-order chi connectivity index (χ0) is 13.0. The minimum absolute atomic E-state index is 0.0495. The Kier molecular flexibility index (Phi) is 4.89. The van der Waals surface area contributed by atoms with E-state index in [0.29, 0.717) is 13.0 Å². The maximum absolute atomic E-state index is 12.1. The van der Waals surface area contributed by atoms with Gasteiger partial charge >= 0.3 is 0 Å². The first-order chi connectivity index (χ1) is 7.95. The van der Waals surface area contributed by atoms with E-state index in [1.165, 1.54) is 4.90 Å². The van der Waals surface area contributed by atoms with Crippen LogP contribution < -0.4 is 11.5 Å². The van der Waals surface area contributed by atoms with Crippen LogP contribution in [0.4, 0.5) is 0 Å². The summed E-state index contributed by atoms with van der Waals surface area (Å²) in [6.07, 6.45) is 0.912. The van der Waals surface area contributed by atoms with Crippen molar-refractivity contribution in [3.05, 3.63) is 0 Å². The molecule has 1 heterocycles. The molecule has 6 nitrogen and oxygen atoms in total. The van der Waals surface area contributed by atoms with Gasteiger partial charge in [0.1, 0.15) is 6.10 Å². The molecule has 0 aromatic rings. The molecular formula is C11H21N3O3. The predicted molar refractivity (Wildman–Crippen MR) is 63.0 cm³/mol. The number of nitrogens with two attached hydrogens (primary N) is 2. The summed E-state index contributed by atoms with van der Waals surface area (Å²) < 4.78 is 5.52. The molecule has 0 aliphatic carbocycles. The molecule has 2 amide bonds. The highest BCUT2D eigenvalue weighted by atomic mass is 16.5. The highest BCUT2D eigenvalue weighted by molar-refractivity contribution is 5.86. The van der Waals surface area contributed by atoms with Gasteiger partial charge in [0, 0.05) is 12.6 Å². The predicted octanol–water partition coefficient (Wildman–Crippen LogP) is -0.785. The van der Waals surface area contributed by atoms with Crippen molar-refractivity contribution in [2.45, 2.75) is 44.9 Å². The fraction of sp³-hybridized carbons (Fsp3) is 0.818. The van der Waals surface area contributed by atoms with Crippen LogP contribution in [0.15, 0.2) is 0 Å². The summed E-state index contributed by atoms with van der Waals surface area (Å²) >= 11 is 0. The van der Waals surface area contributed by atoms with Gasteiger partial charge in [-0.3, -0.25) is 9.59 Å². The molecule has 4 N–H and O–H groups in total. The Bertz CT molecular complexity index is 294. The second-order valence-electron chi connectivity index (χ2n) is 4.59. The van der Waals surface area contributed by atoms with Gasteiger partial charge in [-0.05, 0) is 26.7 Å². The van der Waals surface area contributed by atoms with Crippen molar-refractivity contribution < 1.29 is 14.3 Å². The molecule has 0 saturated carbocycles. The zero-order valence-electron chi connectivity index (χ0n) is 10.4. The van der Waals surface area contributed by atoms with Gasteiger partial charge < -0.3 is 21.1 Å². The van der Waals surface area contributed by atoms with E-state index in [9.17, 15) is 9.59 Å². The third kappa shape index (κ3) is 3.67. The number of primary amides is 1. The van der Waals surface area contributed by atoms with Crippen molar-refractivity contribution in [1.82, 2.24) is 4.90 Å². The second-order valence-corrected chi connectivity index (χ2v) is 4.59. The SMILES string of the molecule is CC(C)N(CC(N)=O)C(=O)C1CCC(CN)O1. The molecule has 0 bridgehead atoms. The van der Waals surface area contributed by atoms with Crippen LogP contribution >= 0.6 is 0 Å². The standard InChI is InChI=1S/C11H21N3O3/c1-7(2)14(6-10(13)15)11(16)9-4-3-8(5-12)17-9/h7-9H,3-6,12H2,1-2H3,(H2,13,15). The molecule has 1 saturated heterocycles. The van der Waals surface area contributed by atoms with Crippen LogP contribution in [0, 0.1) is 0 Å². The van der Waals surface area contributed by atoms with E-state index in [2.05, 4.69) is 0 Å². The lowest BCUT2D eigenvalue weighted by Gasteiger charge is -2.28. The molecule has 2 atom stereocenters. The molecular weight excluding hydrogens is 222 g/mol. The molecule has 17 heavy (non-hydrogen) atoms. The number of rotatable bonds is 5. The van der Waals surface area contributed by atoms with Crippen LogP contribution in [0.2, 0.25) is 0 Å². The molecule has 1 rings (SSSR count). The smallest absolute Gasteiger partial charge is 0.252 e. The average Bonchev–Trinajstić information content (AvgIpc) is 2.72. The molecule has 1 aliphatic rings. The Morgan fingerprint density at radius 1 is 1.41 bits per heavy atom. The van der Waals surface area contributed by atoms with Crippen molar-refractivity contribution in [3.8, 4) is 0 Å². The summed E-state index contributed by atoms with van der Waals surface area (Å²) in [6.45, 7) is 4.04. The lowest BCUT2D eigenvalue weighted by Crippen LogP contribution is -2.47. The summed E-state index contributed by atoms with van der Waals surface area (Å²) in [4.78, 5) is 24.5. The Morgan fingerprint density at radius 2 is 2.06 bits per heavy atom. The van der Waals surface area contributed by atoms with Crippen LogP contribution in [-0.4, -0.2) is 48.1 Å². The van der Waals surface area contributed by atoms with Crippen LogP contribution in [0.25, 0.3) is 0 Å². The monoisotopic (exact) mass is 243 g/mol. The number of carbonyl (C=O) groups is 2. The first kappa shape index (κ1) is 13.9. The molecule has 2 unspecified atom stereocenters. The maximum atomic E-state index is 12.1. The van der Waals surface area contributed by atoms with Gasteiger partial charge in [-0.15, -0.1) is 0 Å². The minimum Gasteiger partial charge on any atom is -0.368 e. The summed E-state index contributed by atoms with van der Waals surface area (Å²) in [5.41, 5.74) is 10.6. The molecule has 0 radical (unpaired) electrons. The Hall–Kier alpha value is -1.14. The van der Waals surface area contributed by atoms with Gasteiger partial charge in [-0.1, -0.05) is 0 Å². The first-order valence-corrected chi connectivity index (χ1v) is 5.90. The molecule has 1 aliphatic heterocycles. The van der Waals surface area contributed by atoms with Gasteiger partial charge in [-0.25, -0.2) is 0 Å². The van der Waals surface area contributed by atoms with E-state index in [1.54, 1.807) is 0 Å². The second kappa shape index (κ2) is 5.97. The van der Waals surface area contributed by atoms with Gasteiger partial charge in [-0.2, -0.15) is 0 Å². The summed E-state index contributed by atoms with van der Waals surface area (Å²) in [5, 5.41) is 0. The topological polar surface area (TPSA) is 98.7 Å². The summed E-state index contributed by atoms with van der Waals surface area (Å²) in [5.74, 6) is -0.685. The van der Waals surface area contributed by atoms with E-state index < -0.39 is 12.0 Å². The number of hydrogen-bond acceptors (Lipinski definition) is 4. The number of hydrogen-bond donors (Lipinski definition) is 2. The van der Waals surface area contributed by atoms with Crippen LogP contribution in [-0.2, 0) is 14.3 Å². The van der Waals surface area contributed by atoms with Crippen molar-refractivity contribution in [2.75, 3.05) is 13.1 Å². The third-order valence-electron chi connectivity index (χ3n) is 2.88. The van der Waals surface area contributed by atoms with Gasteiger partial charge in [0.2, 0.25) is 5.91 Å². The lowest BCUT2D eigenvalue weighted by atomic mass is 10.1. The Labute approximate surface area is 101 Å². The van der Waals surface area contributed by atoms with E-state index in [1.807, 2.05) is 13.8 Å². The van der Waals surface area contributed by atoms with E-state index in [4.69, 9.17) is 16.2 Å². The number of carbonyl (C=O) groups excluding carboxylic acids is 2. The van der Waals surface area contributed by atoms with Crippen molar-refractivity contribution in [3.63, 3.8) is 0 Å². The van der Waals surface area contributed by atoms with E-state index in [0.717, 1.165) is 6.42 Å². The van der Waals surface area contributed by atoms with Crippen molar-refractivity contribution >= 4 is 11.8 Å². The normalized spacial score (nSPS) is 24.0. The Balaban J connectivity index is 2.62. The van der Waals surface area contributed by atoms with Crippen LogP contribution in [0.3, 0.4) is 0 Å². The quantitative estimate of drug-likeness (QED) is 0.661. The van der Waals surface area contributed by atoms with Gasteiger partial charge in [0.25, 0.3) is 5.91 Å². The van der Waals surface area contributed by atoms with Gasteiger partial charge in [0.15, 0.2) is 0 Å². The summed E-state index contributed by atoms with van der Waals surface area (Å²) in [6, 6.07) is -0.0736. The van der Waals surface area contributed by atoms with Crippen LogP contribution in [0.1, 0.15) is 26.7 Å². The van der Waals surface area contributed by atoms with Gasteiger partial charge in [0.05, 0.1) is 12.6 Å². The minimum atomic E-state index is -0.513. The summed E-state index contributed by atoms with van der Waals surface area (Å²) in [7, 11) is 0. The fourth-order valence-corrected chi connectivity index (χ4v) is 1.93. The first-order valence-electron chi connectivity index (χ1n) is 5.90. The Morgan fingerprint density at radius 3 is 2.47 bits per heavy atom. The highest BCUT2D eigenvalue weighted by Gasteiger charge is 2.34. The molecule has 0 spiro atoms. The molecule has 6 heteroatoms. The van der Waals surface area contributed by atoms with E-state index in [-0.39, 0.29) is 24.6 Å². The number of nitrogens with zero attached hydrogens (tertiary/aromatic N) is 1. The maximum Gasteiger partial charge on any atom is 0.252 e. The molecule has 0 aromatic carbocycles. The fourth-order valence-electron chi connectivity index (χ4n) is 1.93. The van der Waals surface area contributed by atoms with E-state index >= 15 is 0 Å². The van der Waals surface area contributed by atoms with Crippen molar-refractivity contribution in [1.29, 1.82) is 0 Å². The van der Waals surface area contributed by atoms with Crippen LogP contribution in [0.5, 0.6) is 0 Å². The number of ether oxygens (including phenoxy) is 1. The largest absolute Gasteiger partial charge is 0.368 e. The third-order valence-corrected chi connectivity index (χ3v) is 2.88. The zero-order valence-corrected chi connectivity index (χ0v) is 10.4. The molecule has 98 valence electrons. The highest BCUT2D eigenvalue weighted by Crippen LogP contribution is 2.21. The lowest BCUT2D eigenvalue weighted by molar-refractivity contribution is -0.146. The van der Waals surface area contributed by atoms with Crippen molar-refractivity contribution in [2.24, 2.45) is 11.5 Å². The molecule has 1 fully saturated rings.